The molecule has 0 N–H and O–H groups in total. The van der Waals surface area contributed by atoms with Gasteiger partial charge in [-0.25, -0.2) is 0 Å². The highest BCUT2D eigenvalue weighted by Gasteiger charge is 2.30. The second kappa shape index (κ2) is 7.20. The maximum Gasteiger partial charge on any atom is 0.385 e. The lowest BCUT2D eigenvalue weighted by Crippen LogP contribution is -2.52. The minimum atomic E-state index is -0.251. The van der Waals surface area contributed by atoms with Crippen LogP contribution in [-0.2, 0) is 14.2 Å². The lowest BCUT2D eigenvalue weighted by molar-refractivity contribution is -0.179. The van der Waals surface area contributed by atoms with E-state index >= 15 is 0 Å². The maximum atomic E-state index is 8.73. The minimum Gasteiger partial charge on any atom is -0.356 e. The molecule has 1 heterocycles. The predicted molar refractivity (Wildman–Crippen MR) is 75.3 cm³/mol. The van der Waals surface area contributed by atoms with Crippen LogP contribution in [0, 0.1) is 5.39 Å². The molecule has 1 saturated heterocycles. The van der Waals surface area contributed by atoms with Crippen molar-refractivity contribution in [2.24, 2.45) is 0 Å². The Labute approximate surface area is 118 Å². The first kappa shape index (κ1) is 14.7. The zero-order valence-corrected chi connectivity index (χ0v) is 11.9. The molecule has 6 nitrogen and oxygen atoms in total. The van der Waals surface area contributed by atoms with Gasteiger partial charge < -0.3 is 19.1 Å². The summed E-state index contributed by atoms with van der Waals surface area (Å²) in [6.45, 7) is 6.20. The van der Waals surface area contributed by atoms with Gasteiger partial charge >= 0.3 is 5.69 Å². The Morgan fingerprint density at radius 2 is 1.95 bits per heavy atom. The molecule has 2 rings (SSSR count). The molecule has 0 saturated carbocycles. The first-order chi connectivity index (χ1) is 9.78. The number of hydrogen-bond acceptors (Lipinski definition) is 5. The van der Waals surface area contributed by atoms with Crippen LogP contribution in [0.15, 0.2) is 24.3 Å². The first-order valence-electron chi connectivity index (χ1n) is 6.85. The monoisotopic (exact) mass is 278 g/mol. The Bertz CT molecular complexity index is 458. The molecule has 2 atom stereocenters. The highest BCUT2D eigenvalue weighted by Crippen LogP contribution is 2.25. The van der Waals surface area contributed by atoms with Crippen molar-refractivity contribution < 1.29 is 14.2 Å². The van der Waals surface area contributed by atoms with Crippen molar-refractivity contribution in [3.63, 3.8) is 0 Å². The number of benzene rings is 1. The van der Waals surface area contributed by atoms with E-state index in [1.54, 1.807) is 12.1 Å². The van der Waals surface area contributed by atoms with E-state index in [4.69, 9.17) is 19.6 Å². The van der Waals surface area contributed by atoms with Crippen LogP contribution in [0.5, 0.6) is 0 Å². The van der Waals surface area contributed by atoms with Gasteiger partial charge in [-0.2, -0.15) is 0 Å². The molecule has 0 aliphatic carbocycles. The van der Waals surface area contributed by atoms with Gasteiger partial charge in [0.2, 0.25) is 5.39 Å². The van der Waals surface area contributed by atoms with Gasteiger partial charge in [-0.3, -0.25) is 0 Å². The van der Waals surface area contributed by atoms with Gasteiger partial charge in [0.1, 0.15) is 0 Å². The van der Waals surface area contributed by atoms with Crippen LogP contribution in [0.2, 0.25) is 0 Å². The van der Waals surface area contributed by atoms with Crippen LogP contribution in [0.1, 0.15) is 13.8 Å². The molecule has 0 amide bonds. The summed E-state index contributed by atoms with van der Waals surface area (Å²) in [6, 6.07) is 7.30. The van der Waals surface area contributed by atoms with Gasteiger partial charge in [0.15, 0.2) is 17.5 Å². The molecule has 1 aromatic carbocycles. The molecule has 108 valence electrons. The number of morpholine rings is 1. The van der Waals surface area contributed by atoms with E-state index in [-0.39, 0.29) is 12.5 Å². The van der Waals surface area contributed by atoms with Crippen molar-refractivity contribution in [2.75, 3.05) is 31.3 Å². The third kappa shape index (κ3) is 3.45. The Morgan fingerprint density at radius 3 is 2.55 bits per heavy atom. The van der Waals surface area contributed by atoms with Crippen molar-refractivity contribution in [2.45, 2.75) is 26.4 Å². The van der Waals surface area contributed by atoms with Crippen LogP contribution in [0.3, 0.4) is 0 Å². The quantitative estimate of drug-likeness (QED) is 0.775. The third-order valence-electron chi connectivity index (χ3n) is 3.13. The van der Waals surface area contributed by atoms with Gasteiger partial charge in [-0.05, 0) is 26.0 Å². The van der Waals surface area contributed by atoms with E-state index in [2.05, 4.69) is 9.88 Å². The van der Waals surface area contributed by atoms with E-state index in [1.807, 2.05) is 26.0 Å². The van der Waals surface area contributed by atoms with Crippen LogP contribution in [0.25, 0.3) is 4.98 Å². The van der Waals surface area contributed by atoms with Gasteiger partial charge in [0.05, 0.1) is 13.2 Å². The molecule has 1 aliphatic rings. The first-order valence-corrected chi connectivity index (χ1v) is 6.85. The highest BCUT2D eigenvalue weighted by atomic mass is 16.7. The fraction of sp³-hybridized carbons (Fsp3) is 0.571. The zero-order valence-electron chi connectivity index (χ0n) is 11.9. The summed E-state index contributed by atoms with van der Waals surface area (Å²) in [5.41, 5.74) is 1.51. The molecule has 1 aromatic rings. The summed E-state index contributed by atoms with van der Waals surface area (Å²) in [5, 5.41) is 8.73. The average molecular weight is 278 g/mol. The molecule has 20 heavy (non-hydrogen) atoms. The summed E-state index contributed by atoms with van der Waals surface area (Å²) in [4.78, 5) is 5.26. The number of nitrogens with zero attached hydrogens (tertiary/aromatic N) is 3. The van der Waals surface area contributed by atoms with Crippen molar-refractivity contribution in [3.05, 3.63) is 29.2 Å². The summed E-state index contributed by atoms with van der Waals surface area (Å²) in [6.07, 6.45) is -0.382. The molecule has 0 radical (unpaired) electrons. The van der Waals surface area contributed by atoms with E-state index in [9.17, 15) is 0 Å². The molecule has 2 unspecified atom stereocenters. The molecule has 6 heteroatoms. The van der Waals surface area contributed by atoms with Crippen molar-refractivity contribution in [1.82, 2.24) is 0 Å². The topological polar surface area (TPSA) is 59.1 Å². The normalized spacial score (nSPS) is 22.6. The van der Waals surface area contributed by atoms with E-state index < -0.39 is 0 Å². The third-order valence-corrected chi connectivity index (χ3v) is 3.13. The van der Waals surface area contributed by atoms with Crippen LogP contribution >= 0.6 is 0 Å². The minimum absolute atomic E-state index is 0.131. The largest absolute Gasteiger partial charge is 0.385 e. The predicted octanol–water partition coefficient (Wildman–Crippen LogP) is 2.73. The molecule has 0 bridgehead atoms. The maximum absolute atomic E-state index is 8.73. The molecule has 0 spiro atoms. The zero-order chi connectivity index (χ0) is 14.4. The lowest BCUT2D eigenvalue weighted by atomic mass is 10.2. The standard InChI is InChI=1S/C14H20N3O3/c1-3-18-13-10-20-14(19-4-2)9-17(13)12-7-5-11(16-15)6-8-12/h5-8,13-14H,3-4,9-10H2,1-2H3/q+1. The Morgan fingerprint density at radius 1 is 1.25 bits per heavy atom. The van der Waals surface area contributed by atoms with Gasteiger partial charge in [0.25, 0.3) is 0 Å². The Hall–Kier alpha value is -1.68. The van der Waals surface area contributed by atoms with Crippen LogP contribution in [0.4, 0.5) is 11.4 Å². The number of diazo groups is 1. The summed E-state index contributed by atoms with van der Waals surface area (Å²) in [7, 11) is 0. The van der Waals surface area contributed by atoms with Crippen molar-refractivity contribution >= 4 is 11.4 Å². The van der Waals surface area contributed by atoms with Gasteiger partial charge in [-0.15, -0.1) is 0 Å². The van der Waals surface area contributed by atoms with Crippen molar-refractivity contribution in [3.8, 4) is 0 Å². The molecule has 0 aromatic heterocycles. The van der Waals surface area contributed by atoms with E-state index in [1.165, 1.54) is 0 Å². The second-order valence-electron chi connectivity index (χ2n) is 4.40. The number of ether oxygens (including phenoxy) is 3. The summed E-state index contributed by atoms with van der Waals surface area (Å²) >= 11 is 0. The lowest BCUT2D eigenvalue weighted by Gasteiger charge is -2.40. The van der Waals surface area contributed by atoms with Crippen molar-refractivity contribution in [1.29, 1.82) is 5.39 Å². The fourth-order valence-electron chi connectivity index (χ4n) is 2.21. The van der Waals surface area contributed by atoms with Gasteiger partial charge in [-0.1, -0.05) is 0 Å². The van der Waals surface area contributed by atoms with Crippen LogP contribution in [-0.4, -0.2) is 38.9 Å². The smallest absolute Gasteiger partial charge is 0.356 e. The number of anilines is 1. The Balaban J connectivity index is 2.15. The summed E-state index contributed by atoms with van der Waals surface area (Å²) in [5.74, 6) is 0. The summed E-state index contributed by atoms with van der Waals surface area (Å²) < 4.78 is 16.9. The Kier molecular flexibility index (Phi) is 5.30. The van der Waals surface area contributed by atoms with E-state index in [0.717, 1.165) is 5.69 Å². The van der Waals surface area contributed by atoms with Gasteiger partial charge in [0, 0.05) is 31.0 Å². The fourth-order valence-corrected chi connectivity index (χ4v) is 2.21. The van der Waals surface area contributed by atoms with E-state index in [0.29, 0.717) is 32.1 Å². The number of hydrogen-bond donors (Lipinski definition) is 0. The molecular weight excluding hydrogens is 258 g/mol. The average Bonchev–Trinajstić information content (AvgIpc) is 2.49. The van der Waals surface area contributed by atoms with Crippen LogP contribution < -0.4 is 4.90 Å². The molecule has 1 aliphatic heterocycles. The highest BCUT2D eigenvalue weighted by molar-refractivity contribution is 5.55. The molecular formula is C14H20N3O3+. The number of rotatable bonds is 5. The second-order valence-corrected chi connectivity index (χ2v) is 4.40. The molecule has 1 fully saturated rings. The SMILES string of the molecule is CCOC1CN(c2ccc([N+]#N)cc2)C(OCC)CO1.